The van der Waals surface area contributed by atoms with Gasteiger partial charge in [0.1, 0.15) is 11.3 Å². The minimum Gasteiger partial charge on any atom is -0.292 e. The van der Waals surface area contributed by atoms with Gasteiger partial charge in [-0.1, -0.05) is 23.2 Å². The summed E-state index contributed by atoms with van der Waals surface area (Å²) in [5.74, 6) is 0.864. The van der Waals surface area contributed by atoms with Crippen molar-refractivity contribution in [1.82, 2.24) is 14.4 Å². The molecule has 86 valence electrons. The van der Waals surface area contributed by atoms with Crippen LogP contribution in [0.3, 0.4) is 0 Å². The smallest absolute Gasteiger partial charge is 0.155 e. The molecule has 0 fully saturated rings. The van der Waals surface area contributed by atoms with E-state index in [1.165, 1.54) is 0 Å². The van der Waals surface area contributed by atoms with Gasteiger partial charge in [0.2, 0.25) is 0 Å². The molecule has 3 nitrogen and oxygen atoms in total. The van der Waals surface area contributed by atoms with E-state index in [0.29, 0.717) is 10.2 Å². The molecule has 6 heteroatoms. The zero-order valence-electron chi connectivity index (χ0n) is 8.71. The second kappa shape index (κ2) is 3.83. The third-order valence-electron chi connectivity index (χ3n) is 2.63. The Hall–Kier alpha value is -0.840. The molecule has 0 aliphatic rings. The van der Waals surface area contributed by atoms with Crippen molar-refractivity contribution in [2.45, 2.75) is 6.92 Å². The highest BCUT2D eigenvalue weighted by Crippen LogP contribution is 2.30. The third-order valence-corrected chi connectivity index (χ3v) is 4.10. The first-order chi connectivity index (χ1) is 8.08. The summed E-state index contributed by atoms with van der Waals surface area (Å²) >= 11 is 15.6. The van der Waals surface area contributed by atoms with E-state index in [9.17, 15) is 0 Å². The van der Waals surface area contributed by atoms with Crippen LogP contribution in [0.1, 0.15) is 5.82 Å². The van der Waals surface area contributed by atoms with Gasteiger partial charge in [-0.25, -0.2) is 9.97 Å². The van der Waals surface area contributed by atoms with Gasteiger partial charge in [0, 0.05) is 4.47 Å². The second-order valence-electron chi connectivity index (χ2n) is 3.68. The van der Waals surface area contributed by atoms with Gasteiger partial charge in [-0.3, -0.25) is 4.40 Å². The van der Waals surface area contributed by atoms with Gasteiger partial charge in [0.05, 0.1) is 22.3 Å². The summed E-state index contributed by atoms with van der Waals surface area (Å²) in [5.41, 5.74) is 2.47. The maximum Gasteiger partial charge on any atom is 0.155 e. The molecule has 0 saturated heterocycles. The van der Waals surface area contributed by atoms with Gasteiger partial charge in [-0.05, 0) is 35.0 Å². The standard InChI is InChI=1S/C11H6BrCl2N3/c1-5-15-4-10-11(14)16-8-3-7(13)6(12)2-9(8)17(5)10/h2-4H,1H3. The van der Waals surface area contributed by atoms with E-state index in [1.54, 1.807) is 12.3 Å². The number of aromatic nitrogens is 3. The number of hydrogen-bond donors (Lipinski definition) is 0. The minimum atomic E-state index is 0.427. The van der Waals surface area contributed by atoms with E-state index in [0.717, 1.165) is 26.8 Å². The highest BCUT2D eigenvalue weighted by atomic mass is 79.9. The average Bonchev–Trinajstić information content (AvgIpc) is 2.65. The van der Waals surface area contributed by atoms with E-state index in [2.05, 4.69) is 25.9 Å². The van der Waals surface area contributed by atoms with Crippen molar-refractivity contribution in [3.8, 4) is 0 Å². The lowest BCUT2D eigenvalue weighted by Crippen LogP contribution is -1.95. The fraction of sp³-hybridized carbons (Fsp3) is 0.0909. The molecule has 1 aromatic carbocycles. The van der Waals surface area contributed by atoms with Gasteiger partial charge in [0.25, 0.3) is 0 Å². The highest BCUT2D eigenvalue weighted by Gasteiger charge is 2.11. The van der Waals surface area contributed by atoms with E-state index in [4.69, 9.17) is 23.2 Å². The summed E-state index contributed by atoms with van der Waals surface area (Å²) in [5, 5.41) is 1.04. The van der Waals surface area contributed by atoms with Crippen LogP contribution in [0.2, 0.25) is 10.2 Å². The molecule has 3 rings (SSSR count). The number of fused-ring (bicyclic) bond motifs is 3. The molecule has 0 saturated carbocycles. The maximum atomic E-state index is 6.11. The van der Waals surface area contributed by atoms with Crippen LogP contribution in [-0.2, 0) is 0 Å². The zero-order chi connectivity index (χ0) is 12.2. The number of rotatable bonds is 0. The Kier molecular flexibility index (Phi) is 2.54. The zero-order valence-corrected chi connectivity index (χ0v) is 11.8. The van der Waals surface area contributed by atoms with Crippen molar-refractivity contribution in [3.05, 3.63) is 38.8 Å². The molecule has 0 radical (unpaired) electrons. The quantitative estimate of drug-likeness (QED) is 0.616. The van der Waals surface area contributed by atoms with Crippen molar-refractivity contribution >= 4 is 55.7 Å². The topological polar surface area (TPSA) is 30.2 Å². The molecule has 0 aliphatic heterocycles. The van der Waals surface area contributed by atoms with Crippen LogP contribution in [0.4, 0.5) is 0 Å². The first kappa shape index (κ1) is 11.3. The number of nitrogens with zero attached hydrogens (tertiary/aromatic N) is 3. The van der Waals surface area contributed by atoms with E-state index >= 15 is 0 Å². The maximum absolute atomic E-state index is 6.11. The number of hydrogen-bond acceptors (Lipinski definition) is 2. The van der Waals surface area contributed by atoms with Crippen molar-refractivity contribution in [2.24, 2.45) is 0 Å². The number of imidazole rings is 1. The summed E-state index contributed by atoms with van der Waals surface area (Å²) in [6.45, 7) is 1.92. The summed E-state index contributed by atoms with van der Waals surface area (Å²) < 4.78 is 2.79. The molecule has 0 N–H and O–H groups in total. The Balaban J connectivity index is 2.62. The average molecular weight is 331 g/mol. The predicted octanol–water partition coefficient (Wildman–Crippen LogP) is 4.26. The SMILES string of the molecule is Cc1ncc2c(Cl)nc3cc(Cl)c(Br)cc3n12. The molecular formula is C11H6BrCl2N3. The molecule has 2 heterocycles. The Bertz CT molecular complexity index is 751. The van der Waals surface area contributed by atoms with Crippen LogP contribution in [0.25, 0.3) is 16.6 Å². The van der Waals surface area contributed by atoms with Crippen molar-refractivity contribution in [1.29, 1.82) is 0 Å². The Labute approximate surface area is 116 Å². The minimum absolute atomic E-state index is 0.427. The van der Waals surface area contributed by atoms with E-state index in [1.807, 2.05) is 17.4 Å². The van der Waals surface area contributed by atoms with Crippen molar-refractivity contribution in [3.63, 3.8) is 0 Å². The normalized spacial score (nSPS) is 11.5. The lowest BCUT2D eigenvalue weighted by atomic mass is 10.3. The number of halogens is 3. The van der Waals surface area contributed by atoms with E-state index in [-0.39, 0.29) is 0 Å². The summed E-state index contributed by atoms with van der Waals surface area (Å²) in [6.07, 6.45) is 1.71. The highest BCUT2D eigenvalue weighted by molar-refractivity contribution is 9.10. The van der Waals surface area contributed by atoms with Gasteiger partial charge in [-0.2, -0.15) is 0 Å². The fourth-order valence-electron chi connectivity index (χ4n) is 1.85. The van der Waals surface area contributed by atoms with Gasteiger partial charge >= 0.3 is 0 Å². The second-order valence-corrected chi connectivity index (χ2v) is 5.30. The Morgan fingerprint density at radius 2 is 2.00 bits per heavy atom. The Morgan fingerprint density at radius 3 is 2.76 bits per heavy atom. The molecule has 0 spiro atoms. The van der Waals surface area contributed by atoms with Crippen molar-refractivity contribution in [2.75, 3.05) is 0 Å². The molecule has 2 aromatic heterocycles. The Morgan fingerprint density at radius 1 is 1.24 bits per heavy atom. The summed E-state index contributed by atoms with van der Waals surface area (Å²) in [4.78, 5) is 8.57. The molecule has 17 heavy (non-hydrogen) atoms. The monoisotopic (exact) mass is 329 g/mol. The van der Waals surface area contributed by atoms with Crippen LogP contribution in [-0.4, -0.2) is 14.4 Å². The predicted molar refractivity (Wildman–Crippen MR) is 73.0 cm³/mol. The molecule has 0 atom stereocenters. The lowest BCUT2D eigenvalue weighted by molar-refractivity contribution is 1.07. The van der Waals surface area contributed by atoms with Crippen molar-refractivity contribution < 1.29 is 0 Å². The van der Waals surface area contributed by atoms with Gasteiger partial charge in [0.15, 0.2) is 5.15 Å². The largest absolute Gasteiger partial charge is 0.292 e. The molecular weight excluding hydrogens is 325 g/mol. The fourth-order valence-corrected chi connectivity index (χ4v) is 2.57. The summed E-state index contributed by atoms with van der Waals surface area (Å²) in [6, 6.07) is 3.70. The van der Waals surface area contributed by atoms with Gasteiger partial charge in [-0.15, -0.1) is 0 Å². The third kappa shape index (κ3) is 1.63. The molecule has 0 unspecified atom stereocenters. The molecule has 0 aliphatic carbocycles. The van der Waals surface area contributed by atoms with Crippen LogP contribution in [0, 0.1) is 6.92 Å². The molecule has 0 amide bonds. The van der Waals surface area contributed by atoms with Crippen LogP contribution < -0.4 is 0 Å². The first-order valence-corrected chi connectivity index (χ1v) is 6.41. The van der Waals surface area contributed by atoms with Crippen LogP contribution >= 0.6 is 39.1 Å². The molecule has 0 bridgehead atoms. The first-order valence-electron chi connectivity index (χ1n) is 4.86. The van der Waals surface area contributed by atoms with Crippen LogP contribution in [0.5, 0.6) is 0 Å². The summed E-state index contributed by atoms with van der Waals surface area (Å²) in [7, 11) is 0. The van der Waals surface area contributed by atoms with Gasteiger partial charge < -0.3 is 0 Å². The van der Waals surface area contributed by atoms with Crippen LogP contribution in [0.15, 0.2) is 22.8 Å². The lowest BCUT2D eigenvalue weighted by Gasteiger charge is -2.06. The van der Waals surface area contributed by atoms with E-state index < -0.39 is 0 Å². The number of aryl methyl sites for hydroxylation is 1. The number of benzene rings is 1. The molecule has 3 aromatic rings.